The summed E-state index contributed by atoms with van der Waals surface area (Å²) in [6.45, 7) is 2.26. The van der Waals surface area contributed by atoms with Gasteiger partial charge in [-0.3, -0.25) is 4.79 Å². The minimum absolute atomic E-state index is 0.247. The van der Waals surface area contributed by atoms with Gasteiger partial charge in [0.1, 0.15) is 0 Å². The topological polar surface area (TPSA) is 17.1 Å². The Hall–Kier alpha value is -1.89. The number of fused-ring (bicyclic) bond motifs is 1. The Bertz CT molecular complexity index is 669. The number of carbonyl (C=O) groups is 1. The molecule has 1 unspecified atom stereocenters. The van der Waals surface area contributed by atoms with Crippen molar-refractivity contribution in [1.82, 2.24) is 0 Å². The summed E-state index contributed by atoms with van der Waals surface area (Å²) in [4.78, 5) is 12.2. The molecule has 0 saturated carbocycles. The molecule has 1 aliphatic carbocycles. The van der Waals surface area contributed by atoms with Crippen LogP contribution >= 0.6 is 0 Å². The molecule has 0 aromatic heterocycles. The maximum Gasteiger partial charge on any atom is 0.164 e. The molecule has 3 rings (SSSR count). The summed E-state index contributed by atoms with van der Waals surface area (Å²) < 4.78 is 0. The first-order chi connectivity index (χ1) is 11.8. The van der Waals surface area contributed by atoms with Gasteiger partial charge in [0.2, 0.25) is 0 Å². The average molecular weight is 320 g/mol. The van der Waals surface area contributed by atoms with Crippen LogP contribution in [0.4, 0.5) is 0 Å². The predicted molar refractivity (Wildman–Crippen MR) is 101 cm³/mol. The molecule has 1 aliphatic rings. The van der Waals surface area contributed by atoms with Crippen LogP contribution in [0.15, 0.2) is 48.5 Å². The van der Waals surface area contributed by atoms with E-state index in [4.69, 9.17) is 0 Å². The maximum absolute atomic E-state index is 12.2. The van der Waals surface area contributed by atoms with Crippen LogP contribution in [0.1, 0.15) is 84.8 Å². The molecule has 0 aliphatic heterocycles. The van der Waals surface area contributed by atoms with Crippen LogP contribution in [0.5, 0.6) is 0 Å². The van der Waals surface area contributed by atoms with E-state index in [-0.39, 0.29) is 11.7 Å². The molecule has 0 radical (unpaired) electrons. The van der Waals surface area contributed by atoms with E-state index in [1.807, 2.05) is 18.2 Å². The number of rotatable bonds is 8. The maximum atomic E-state index is 12.2. The van der Waals surface area contributed by atoms with Crippen molar-refractivity contribution in [3.05, 3.63) is 70.8 Å². The van der Waals surface area contributed by atoms with Gasteiger partial charge in [-0.1, -0.05) is 87.6 Å². The van der Waals surface area contributed by atoms with Gasteiger partial charge in [-0.2, -0.15) is 0 Å². The van der Waals surface area contributed by atoms with Crippen molar-refractivity contribution in [2.24, 2.45) is 0 Å². The van der Waals surface area contributed by atoms with E-state index < -0.39 is 0 Å². The molecule has 1 atom stereocenters. The fourth-order valence-corrected chi connectivity index (χ4v) is 3.78. The van der Waals surface area contributed by atoms with E-state index in [9.17, 15) is 4.79 Å². The first kappa shape index (κ1) is 17.0. The lowest BCUT2D eigenvalue weighted by atomic mass is 9.92. The van der Waals surface area contributed by atoms with Gasteiger partial charge in [0.25, 0.3) is 0 Å². The van der Waals surface area contributed by atoms with Gasteiger partial charge in [0.05, 0.1) is 0 Å². The molecule has 0 fully saturated rings. The third-order valence-electron chi connectivity index (χ3n) is 5.23. The van der Waals surface area contributed by atoms with E-state index in [1.165, 1.54) is 61.6 Å². The van der Waals surface area contributed by atoms with E-state index in [0.29, 0.717) is 6.42 Å². The molecule has 0 amide bonds. The van der Waals surface area contributed by atoms with Crippen LogP contribution in [0.2, 0.25) is 0 Å². The fourth-order valence-electron chi connectivity index (χ4n) is 3.78. The lowest BCUT2D eigenvalue weighted by molar-refractivity contribution is 0.0991. The van der Waals surface area contributed by atoms with Crippen LogP contribution < -0.4 is 0 Å². The lowest BCUT2D eigenvalue weighted by Gasteiger charge is -2.12. The van der Waals surface area contributed by atoms with Gasteiger partial charge < -0.3 is 0 Å². The van der Waals surface area contributed by atoms with Crippen LogP contribution in [0, 0.1) is 0 Å². The fraction of sp³-hybridized carbons (Fsp3) is 0.435. The molecule has 1 heteroatoms. The Morgan fingerprint density at radius 3 is 2.38 bits per heavy atom. The van der Waals surface area contributed by atoms with E-state index in [0.717, 1.165) is 5.56 Å². The van der Waals surface area contributed by atoms with Gasteiger partial charge in [-0.25, -0.2) is 0 Å². The Kier molecular flexibility index (Phi) is 5.85. The van der Waals surface area contributed by atoms with Crippen molar-refractivity contribution < 1.29 is 4.79 Å². The molecule has 24 heavy (non-hydrogen) atoms. The number of hydrogen-bond acceptors (Lipinski definition) is 1. The minimum Gasteiger partial charge on any atom is -0.294 e. The zero-order chi connectivity index (χ0) is 16.8. The van der Waals surface area contributed by atoms with E-state index in [2.05, 4.69) is 37.3 Å². The highest BCUT2D eigenvalue weighted by molar-refractivity contribution is 6.01. The van der Waals surface area contributed by atoms with Crippen molar-refractivity contribution in [3.8, 4) is 0 Å². The van der Waals surface area contributed by atoms with Crippen molar-refractivity contribution in [2.45, 2.75) is 64.2 Å². The summed E-state index contributed by atoms with van der Waals surface area (Å²) in [6.07, 6.45) is 9.85. The predicted octanol–water partition coefficient (Wildman–Crippen LogP) is 6.31. The quantitative estimate of drug-likeness (QED) is 0.521. The Balaban J connectivity index is 1.57. The third-order valence-corrected chi connectivity index (χ3v) is 5.23. The highest BCUT2D eigenvalue weighted by Gasteiger charge is 2.29. The zero-order valence-corrected chi connectivity index (χ0v) is 14.8. The molecule has 0 heterocycles. The lowest BCUT2D eigenvalue weighted by Crippen LogP contribution is -1.97. The summed E-state index contributed by atoms with van der Waals surface area (Å²) in [5.74, 6) is 0.531. The second-order valence-electron chi connectivity index (χ2n) is 7.03. The first-order valence-electron chi connectivity index (χ1n) is 9.50. The van der Waals surface area contributed by atoms with Crippen molar-refractivity contribution in [1.29, 1.82) is 0 Å². The number of unbranched alkanes of at least 4 members (excludes halogenated alkanes) is 5. The number of benzene rings is 2. The smallest absolute Gasteiger partial charge is 0.164 e. The molecular weight excluding hydrogens is 292 g/mol. The highest BCUT2D eigenvalue weighted by Crippen LogP contribution is 2.37. The number of carbonyl (C=O) groups excluding carboxylic acids is 1. The summed E-state index contributed by atoms with van der Waals surface area (Å²) in [5, 5.41) is 0. The summed E-state index contributed by atoms with van der Waals surface area (Å²) in [6, 6.07) is 17.0. The van der Waals surface area contributed by atoms with Crippen LogP contribution in [-0.4, -0.2) is 5.78 Å². The number of Topliss-reactive ketones (excluding diaryl/α,β-unsaturated/α-hetero) is 1. The molecule has 2 aromatic carbocycles. The second kappa shape index (κ2) is 8.28. The highest BCUT2D eigenvalue weighted by atomic mass is 16.1. The molecule has 0 bridgehead atoms. The second-order valence-corrected chi connectivity index (χ2v) is 7.03. The molecule has 0 N–H and O–H groups in total. The van der Waals surface area contributed by atoms with Gasteiger partial charge in [-0.15, -0.1) is 0 Å². The average Bonchev–Trinajstić information content (AvgIpc) is 2.96. The number of hydrogen-bond donors (Lipinski definition) is 0. The van der Waals surface area contributed by atoms with Crippen molar-refractivity contribution in [2.75, 3.05) is 0 Å². The molecule has 2 aromatic rings. The number of ketones is 1. The monoisotopic (exact) mass is 320 g/mol. The standard InChI is InChI=1S/C23H28O/c1-2-3-4-5-6-7-10-18-13-15-19(16-14-18)22-17-23(24)21-12-9-8-11-20(21)22/h8-9,11-16,22H,2-7,10,17H2,1H3. The van der Waals surface area contributed by atoms with Gasteiger partial charge in [0, 0.05) is 17.9 Å². The van der Waals surface area contributed by atoms with Crippen LogP contribution in [0.3, 0.4) is 0 Å². The summed E-state index contributed by atoms with van der Waals surface area (Å²) >= 11 is 0. The number of aryl methyl sites for hydroxylation is 1. The molecular formula is C23H28O. The van der Waals surface area contributed by atoms with Gasteiger partial charge >= 0.3 is 0 Å². The van der Waals surface area contributed by atoms with E-state index in [1.54, 1.807) is 0 Å². The van der Waals surface area contributed by atoms with Gasteiger partial charge in [-0.05, 0) is 29.5 Å². The summed E-state index contributed by atoms with van der Waals surface area (Å²) in [7, 11) is 0. The van der Waals surface area contributed by atoms with Crippen LogP contribution in [-0.2, 0) is 6.42 Å². The summed E-state index contributed by atoms with van der Waals surface area (Å²) in [5.41, 5.74) is 4.82. The molecule has 126 valence electrons. The zero-order valence-electron chi connectivity index (χ0n) is 14.8. The Labute approximate surface area is 146 Å². The normalized spacial score (nSPS) is 16.4. The Morgan fingerprint density at radius 2 is 1.58 bits per heavy atom. The first-order valence-corrected chi connectivity index (χ1v) is 9.50. The minimum atomic E-state index is 0.247. The third kappa shape index (κ3) is 3.95. The van der Waals surface area contributed by atoms with Crippen LogP contribution in [0.25, 0.3) is 0 Å². The largest absolute Gasteiger partial charge is 0.294 e. The van der Waals surface area contributed by atoms with Crippen molar-refractivity contribution >= 4 is 5.78 Å². The SMILES string of the molecule is CCCCCCCCc1ccc(C2CC(=O)c3ccccc32)cc1. The van der Waals surface area contributed by atoms with E-state index >= 15 is 0 Å². The molecule has 1 nitrogen and oxygen atoms in total. The molecule has 0 saturated heterocycles. The van der Waals surface area contributed by atoms with Gasteiger partial charge in [0.15, 0.2) is 5.78 Å². The Morgan fingerprint density at radius 1 is 0.875 bits per heavy atom. The van der Waals surface area contributed by atoms with Crippen molar-refractivity contribution in [3.63, 3.8) is 0 Å². The molecule has 0 spiro atoms.